The standard InChI is InChI=1S/C17H20N2O4S/c1-4-5-15-18-9-14(24-15)16(20)19-12-8-11(17(21)22)6-7-13(12)23-10(2)3/h6-10H,4-5H2,1-3H3,(H,19,20)(H,21,22). The van der Waals surface area contributed by atoms with Gasteiger partial charge in [0, 0.05) is 0 Å². The summed E-state index contributed by atoms with van der Waals surface area (Å²) in [5.41, 5.74) is 0.413. The first kappa shape index (κ1) is 17.9. The van der Waals surface area contributed by atoms with Gasteiger partial charge in [0.05, 0.1) is 28.6 Å². The van der Waals surface area contributed by atoms with Crippen LogP contribution in [-0.4, -0.2) is 28.1 Å². The van der Waals surface area contributed by atoms with Crippen molar-refractivity contribution >= 4 is 28.9 Å². The number of ether oxygens (including phenoxy) is 1. The summed E-state index contributed by atoms with van der Waals surface area (Å²) >= 11 is 1.33. The number of aryl methyl sites for hydroxylation is 1. The largest absolute Gasteiger partial charge is 0.489 e. The van der Waals surface area contributed by atoms with E-state index in [1.54, 1.807) is 6.07 Å². The van der Waals surface area contributed by atoms with Crippen LogP contribution >= 0.6 is 11.3 Å². The van der Waals surface area contributed by atoms with Crippen LogP contribution in [0.5, 0.6) is 5.75 Å². The predicted molar refractivity (Wildman–Crippen MR) is 93.2 cm³/mol. The number of aromatic carboxylic acids is 1. The summed E-state index contributed by atoms with van der Waals surface area (Å²) < 4.78 is 5.64. The zero-order chi connectivity index (χ0) is 17.7. The van der Waals surface area contributed by atoms with Crippen LogP contribution < -0.4 is 10.1 Å². The van der Waals surface area contributed by atoms with E-state index in [4.69, 9.17) is 9.84 Å². The maximum absolute atomic E-state index is 12.4. The summed E-state index contributed by atoms with van der Waals surface area (Å²) in [5, 5.41) is 12.8. The maximum atomic E-state index is 12.4. The Labute approximate surface area is 144 Å². The van der Waals surface area contributed by atoms with Crippen molar-refractivity contribution in [3.63, 3.8) is 0 Å². The minimum Gasteiger partial charge on any atom is -0.489 e. The lowest BCUT2D eigenvalue weighted by molar-refractivity contribution is 0.0696. The summed E-state index contributed by atoms with van der Waals surface area (Å²) in [6.45, 7) is 5.77. The number of hydrogen-bond donors (Lipinski definition) is 2. The number of nitrogens with zero attached hydrogens (tertiary/aromatic N) is 1. The van der Waals surface area contributed by atoms with Gasteiger partial charge in [-0.25, -0.2) is 9.78 Å². The molecule has 2 N–H and O–H groups in total. The van der Waals surface area contributed by atoms with Gasteiger partial charge >= 0.3 is 5.97 Å². The molecule has 0 aliphatic heterocycles. The van der Waals surface area contributed by atoms with Crippen molar-refractivity contribution < 1.29 is 19.4 Å². The van der Waals surface area contributed by atoms with Crippen LogP contribution in [0.15, 0.2) is 24.4 Å². The minimum absolute atomic E-state index is 0.0809. The summed E-state index contributed by atoms with van der Waals surface area (Å²) in [4.78, 5) is 28.3. The van der Waals surface area contributed by atoms with Crippen molar-refractivity contribution in [3.05, 3.63) is 39.8 Å². The Hall–Kier alpha value is -2.41. The number of aromatic nitrogens is 1. The highest BCUT2D eigenvalue weighted by Crippen LogP contribution is 2.28. The molecule has 2 rings (SSSR count). The van der Waals surface area contributed by atoms with Crippen LogP contribution in [0.4, 0.5) is 5.69 Å². The number of thiazole rings is 1. The van der Waals surface area contributed by atoms with Crippen molar-refractivity contribution in [2.45, 2.75) is 39.7 Å². The Morgan fingerprint density at radius 1 is 1.38 bits per heavy atom. The molecule has 128 valence electrons. The van der Waals surface area contributed by atoms with Crippen LogP contribution in [0, 0.1) is 0 Å². The van der Waals surface area contributed by atoms with E-state index in [9.17, 15) is 9.59 Å². The molecule has 1 aromatic heterocycles. The number of carbonyl (C=O) groups excluding carboxylic acids is 1. The van der Waals surface area contributed by atoms with E-state index in [1.807, 2.05) is 20.8 Å². The normalized spacial score (nSPS) is 10.7. The monoisotopic (exact) mass is 348 g/mol. The molecule has 0 unspecified atom stereocenters. The van der Waals surface area contributed by atoms with Gasteiger partial charge in [0.1, 0.15) is 10.6 Å². The SMILES string of the molecule is CCCc1ncc(C(=O)Nc2cc(C(=O)O)ccc2OC(C)C)s1. The molecule has 24 heavy (non-hydrogen) atoms. The molecule has 1 amide bonds. The van der Waals surface area contributed by atoms with Crippen LogP contribution in [0.1, 0.15) is 52.2 Å². The van der Waals surface area contributed by atoms with Gasteiger partial charge in [-0.3, -0.25) is 4.79 Å². The lowest BCUT2D eigenvalue weighted by Crippen LogP contribution is -2.14. The van der Waals surface area contributed by atoms with Crippen molar-refractivity contribution in [1.82, 2.24) is 4.98 Å². The Morgan fingerprint density at radius 2 is 2.12 bits per heavy atom. The second kappa shape index (κ2) is 7.92. The summed E-state index contributed by atoms with van der Waals surface area (Å²) in [7, 11) is 0. The molecule has 2 aromatic rings. The van der Waals surface area contributed by atoms with Crippen molar-refractivity contribution in [2.75, 3.05) is 5.32 Å². The van der Waals surface area contributed by atoms with Crippen molar-refractivity contribution in [2.24, 2.45) is 0 Å². The molecule has 0 saturated carbocycles. The van der Waals surface area contributed by atoms with Gasteiger partial charge in [0.2, 0.25) is 0 Å². The quantitative estimate of drug-likeness (QED) is 0.794. The van der Waals surface area contributed by atoms with Crippen LogP contribution in [0.25, 0.3) is 0 Å². The number of anilines is 1. The highest BCUT2D eigenvalue weighted by molar-refractivity contribution is 7.13. The number of carboxylic acids is 1. The zero-order valence-electron chi connectivity index (χ0n) is 13.8. The molecule has 1 heterocycles. The molecule has 0 spiro atoms. The first-order valence-electron chi connectivity index (χ1n) is 7.70. The van der Waals surface area contributed by atoms with E-state index in [1.165, 1.54) is 29.7 Å². The first-order chi connectivity index (χ1) is 11.4. The van der Waals surface area contributed by atoms with Gasteiger partial charge in [-0.1, -0.05) is 6.92 Å². The average Bonchev–Trinajstić information content (AvgIpc) is 2.97. The van der Waals surface area contributed by atoms with E-state index in [2.05, 4.69) is 10.3 Å². The number of carbonyl (C=O) groups is 2. The molecule has 0 atom stereocenters. The van der Waals surface area contributed by atoms with E-state index < -0.39 is 5.97 Å². The van der Waals surface area contributed by atoms with Gasteiger partial charge in [0.25, 0.3) is 5.91 Å². The van der Waals surface area contributed by atoms with Gasteiger partial charge < -0.3 is 15.2 Å². The summed E-state index contributed by atoms with van der Waals surface area (Å²) in [5.74, 6) is -0.961. The number of amides is 1. The van der Waals surface area contributed by atoms with Gasteiger partial charge in [-0.15, -0.1) is 11.3 Å². The van der Waals surface area contributed by atoms with Crippen LogP contribution in [-0.2, 0) is 6.42 Å². The number of rotatable bonds is 7. The highest BCUT2D eigenvalue weighted by Gasteiger charge is 2.16. The molecule has 0 radical (unpaired) electrons. The lowest BCUT2D eigenvalue weighted by atomic mass is 10.2. The van der Waals surface area contributed by atoms with Gasteiger partial charge in [-0.2, -0.15) is 0 Å². The Morgan fingerprint density at radius 3 is 2.75 bits per heavy atom. The van der Waals surface area contributed by atoms with E-state index in [-0.39, 0.29) is 17.6 Å². The molecule has 7 heteroatoms. The van der Waals surface area contributed by atoms with Crippen molar-refractivity contribution in [1.29, 1.82) is 0 Å². The third-order valence-corrected chi connectivity index (χ3v) is 4.13. The third-order valence-electron chi connectivity index (χ3n) is 3.08. The fraction of sp³-hybridized carbons (Fsp3) is 0.353. The molecule has 0 aliphatic carbocycles. The van der Waals surface area contributed by atoms with Crippen LogP contribution in [0.2, 0.25) is 0 Å². The Balaban J connectivity index is 2.26. The molecule has 0 fully saturated rings. The number of nitrogens with one attached hydrogen (secondary N) is 1. The van der Waals surface area contributed by atoms with E-state index >= 15 is 0 Å². The maximum Gasteiger partial charge on any atom is 0.335 e. The molecular weight excluding hydrogens is 328 g/mol. The van der Waals surface area contributed by atoms with E-state index in [0.717, 1.165) is 17.8 Å². The lowest BCUT2D eigenvalue weighted by Gasteiger charge is -2.15. The smallest absolute Gasteiger partial charge is 0.335 e. The third kappa shape index (κ3) is 4.55. The minimum atomic E-state index is -1.07. The fourth-order valence-electron chi connectivity index (χ4n) is 2.05. The average molecular weight is 348 g/mol. The molecule has 1 aromatic carbocycles. The molecular formula is C17H20N2O4S. The Kier molecular flexibility index (Phi) is 5.92. The second-order valence-corrected chi connectivity index (χ2v) is 6.62. The molecule has 0 bridgehead atoms. The summed E-state index contributed by atoms with van der Waals surface area (Å²) in [6, 6.07) is 4.39. The second-order valence-electron chi connectivity index (χ2n) is 5.51. The molecule has 0 aliphatic rings. The number of hydrogen-bond acceptors (Lipinski definition) is 5. The number of carboxylic acid groups (broad SMARTS) is 1. The van der Waals surface area contributed by atoms with Gasteiger partial charge in [-0.05, 0) is 44.9 Å². The van der Waals surface area contributed by atoms with Gasteiger partial charge in [0.15, 0.2) is 0 Å². The first-order valence-corrected chi connectivity index (χ1v) is 8.52. The van der Waals surface area contributed by atoms with E-state index in [0.29, 0.717) is 16.3 Å². The number of benzene rings is 1. The van der Waals surface area contributed by atoms with Crippen LogP contribution in [0.3, 0.4) is 0 Å². The topological polar surface area (TPSA) is 88.5 Å². The molecule has 6 nitrogen and oxygen atoms in total. The predicted octanol–water partition coefficient (Wildman–Crippen LogP) is 3.83. The highest BCUT2D eigenvalue weighted by atomic mass is 32.1. The molecule has 0 saturated heterocycles. The fourth-order valence-corrected chi connectivity index (χ4v) is 2.96. The zero-order valence-corrected chi connectivity index (χ0v) is 14.6. The summed E-state index contributed by atoms with van der Waals surface area (Å²) in [6.07, 6.45) is 3.22. The van der Waals surface area contributed by atoms with Crippen molar-refractivity contribution in [3.8, 4) is 5.75 Å². The Bertz CT molecular complexity index is 740.